The Morgan fingerprint density at radius 2 is 1.96 bits per heavy atom. The number of nitrogens with zero attached hydrogens (tertiary/aromatic N) is 5. The van der Waals surface area contributed by atoms with Gasteiger partial charge in [-0.3, -0.25) is 0 Å². The molecule has 1 aliphatic rings. The Kier molecular flexibility index (Phi) is 9.93. The summed E-state index contributed by atoms with van der Waals surface area (Å²) in [6, 6.07) is 10.1. The van der Waals surface area contributed by atoms with Gasteiger partial charge in [0.2, 0.25) is 5.95 Å². The number of fused-ring (bicyclic) bond motifs is 1. The quantitative estimate of drug-likeness (QED) is 0.135. The van der Waals surface area contributed by atoms with Crippen molar-refractivity contribution in [2.24, 2.45) is 0 Å². The molecule has 1 saturated heterocycles. The molecule has 0 radical (unpaired) electrons. The molecule has 4 heterocycles. The van der Waals surface area contributed by atoms with Crippen LogP contribution in [0.25, 0.3) is 33.3 Å². The van der Waals surface area contributed by atoms with Gasteiger partial charge in [-0.1, -0.05) is 31.8 Å². The van der Waals surface area contributed by atoms with E-state index in [0.29, 0.717) is 49.1 Å². The maximum Gasteiger partial charge on any atom is 0.419 e. The number of aromatic nitrogens is 4. The molecule has 5 rings (SSSR count). The zero-order chi connectivity index (χ0) is 34.9. The van der Waals surface area contributed by atoms with E-state index in [1.54, 1.807) is 42.4 Å². The molecule has 256 valence electrons. The van der Waals surface area contributed by atoms with E-state index >= 15 is 0 Å². The highest BCUT2D eigenvalue weighted by Crippen LogP contribution is 2.39. The van der Waals surface area contributed by atoms with Crippen LogP contribution in [0.15, 0.2) is 42.9 Å². The minimum absolute atomic E-state index is 0.0393. The fraction of sp³-hybridized carbons (Fsp3) is 0.471. The highest BCUT2D eigenvalue weighted by molar-refractivity contribution is 6.76. The Morgan fingerprint density at radius 3 is 2.65 bits per heavy atom. The number of nitriles is 1. The molecule has 4 aromatic rings. The minimum Gasteiger partial charge on any atom is -0.444 e. The monoisotopic (exact) mass is 681 g/mol. The van der Waals surface area contributed by atoms with Crippen LogP contribution in [0.2, 0.25) is 25.7 Å². The molecular formula is C34H42F3N7O3Si. The lowest BCUT2D eigenvalue weighted by Gasteiger charge is -2.34. The molecule has 1 amide bonds. The normalized spacial score (nSPS) is 15.8. The number of carbonyl (C=O) groups is 1. The summed E-state index contributed by atoms with van der Waals surface area (Å²) in [6.45, 7) is 13.9. The van der Waals surface area contributed by atoms with Gasteiger partial charge in [0.15, 0.2) is 0 Å². The van der Waals surface area contributed by atoms with E-state index in [9.17, 15) is 23.2 Å². The van der Waals surface area contributed by atoms with Gasteiger partial charge < -0.3 is 29.2 Å². The largest absolute Gasteiger partial charge is 0.444 e. The Bertz CT molecular complexity index is 1820. The van der Waals surface area contributed by atoms with E-state index in [1.165, 1.54) is 6.20 Å². The molecule has 3 aromatic heterocycles. The van der Waals surface area contributed by atoms with Gasteiger partial charge in [-0.05, 0) is 57.4 Å². The average molecular weight is 682 g/mol. The Labute approximate surface area is 279 Å². The van der Waals surface area contributed by atoms with Crippen molar-refractivity contribution in [3.63, 3.8) is 0 Å². The highest BCUT2D eigenvalue weighted by atomic mass is 28.3. The standard InChI is InChI=1S/C34H42F3N7O3Si/c1-33(2,3)47-32(45)43-11-7-8-24(20-43)41-31-40-18-28(34(35,36)37)30(42-31)27-17-39-29-15-22(9-10-26(27)29)23-14-25(16-38)44(19-23)21-46-12-13-48(4,5)6/h9-10,14-15,17-19,24,39H,7-8,11-13,20-21H2,1-6H3,(H,40,41,42)/t24-/m0/s1. The second kappa shape index (κ2) is 13.6. The van der Waals surface area contributed by atoms with Crippen molar-refractivity contribution in [1.29, 1.82) is 5.26 Å². The molecule has 1 aliphatic heterocycles. The number of piperidine rings is 1. The molecule has 1 aromatic carbocycles. The minimum atomic E-state index is -4.69. The third-order valence-electron chi connectivity index (χ3n) is 8.01. The zero-order valence-corrected chi connectivity index (χ0v) is 29.2. The first kappa shape index (κ1) is 35.0. The van der Waals surface area contributed by atoms with Gasteiger partial charge in [0.05, 0.1) is 5.69 Å². The van der Waals surface area contributed by atoms with Gasteiger partial charge in [-0.25, -0.2) is 14.8 Å². The molecule has 1 fully saturated rings. The summed E-state index contributed by atoms with van der Waals surface area (Å²) >= 11 is 0. The van der Waals surface area contributed by atoms with Gasteiger partial charge in [-0.2, -0.15) is 18.4 Å². The van der Waals surface area contributed by atoms with E-state index in [2.05, 4.69) is 46.0 Å². The number of anilines is 1. The number of carbonyl (C=O) groups excluding carboxylic acids is 1. The summed E-state index contributed by atoms with van der Waals surface area (Å²) in [6.07, 6.45) is 0.408. The van der Waals surface area contributed by atoms with Crippen LogP contribution in [-0.4, -0.2) is 69.9 Å². The van der Waals surface area contributed by atoms with Gasteiger partial charge >= 0.3 is 12.3 Å². The van der Waals surface area contributed by atoms with Crippen LogP contribution in [0.3, 0.4) is 0 Å². The summed E-state index contributed by atoms with van der Waals surface area (Å²) in [7, 11) is -1.25. The molecule has 1 atom stereocenters. The number of aromatic amines is 1. The van der Waals surface area contributed by atoms with Crippen LogP contribution in [0.1, 0.15) is 44.9 Å². The van der Waals surface area contributed by atoms with E-state index in [1.807, 2.05) is 18.3 Å². The van der Waals surface area contributed by atoms with Crippen molar-refractivity contribution in [2.75, 3.05) is 25.0 Å². The number of rotatable bonds is 9. The average Bonchev–Trinajstić information content (AvgIpc) is 3.61. The molecule has 10 nitrogen and oxygen atoms in total. The smallest absolute Gasteiger partial charge is 0.419 e. The number of H-pyrrole nitrogens is 1. The number of benzene rings is 1. The van der Waals surface area contributed by atoms with Crippen LogP contribution < -0.4 is 5.32 Å². The Morgan fingerprint density at radius 1 is 1.19 bits per heavy atom. The van der Waals surface area contributed by atoms with Crippen LogP contribution >= 0.6 is 0 Å². The lowest BCUT2D eigenvalue weighted by Crippen LogP contribution is -2.47. The van der Waals surface area contributed by atoms with Crippen molar-refractivity contribution in [1.82, 2.24) is 24.4 Å². The van der Waals surface area contributed by atoms with E-state index in [0.717, 1.165) is 23.4 Å². The van der Waals surface area contributed by atoms with Crippen LogP contribution in [-0.2, 0) is 22.4 Å². The second-order valence-corrected chi connectivity index (χ2v) is 20.0. The van der Waals surface area contributed by atoms with Crippen molar-refractivity contribution >= 4 is 31.0 Å². The first-order valence-electron chi connectivity index (χ1n) is 16.0. The lowest BCUT2D eigenvalue weighted by molar-refractivity contribution is -0.137. The fourth-order valence-corrected chi connectivity index (χ4v) is 6.30. The summed E-state index contributed by atoms with van der Waals surface area (Å²) in [5, 5.41) is 13.4. The predicted octanol–water partition coefficient (Wildman–Crippen LogP) is 8.11. The van der Waals surface area contributed by atoms with E-state index in [4.69, 9.17) is 9.47 Å². The zero-order valence-electron chi connectivity index (χ0n) is 28.2. The molecule has 0 spiro atoms. The maximum absolute atomic E-state index is 14.2. The van der Waals surface area contributed by atoms with Crippen LogP contribution in [0, 0.1) is 11.3 Å². The predicted molar refractivity (Wildman–Crippen MR) is 181 cm³/mol. The summed E-state index contributed by atoms with van der Waals surface area (Å²) in [5.74, 6) is 0.0393. The SMILES string of the molecule is CC(C)(C)OC(=O)N1CCC[C@H](Nc2ncc(C(F)(F)F)c(-c3c[nH]c4cc(-c5cc(C#N)n(COCC[Si](C)(C)C)c5)ccc34)n2)C1. The number of nitrogens with one attached hydrogen (secondary N) is 2. The Hall–Kier alpha value is -4.35. The summed E-state index contributed by atoms with van der Waals surface area (Å²) in [4.78, 5) is 25.7. The fourth-order valence-electron chi connectivity index (χ4n) is 5.54. The summed E-state index contributed by atoms with van der Waals surface area (Å²) < 4.78 is 55.8. The van der Waals surface area contributed by atoms with E-state index < -0.39 is 31.5 Å². The number of alkyl halides is 3. The van der Waals surface area contributed by atoms with Gasteiger partial charge in [0, 0.05) is 74.4 Å². The highest BCUT2D eigenvalue weighted by Gasteiger charge is 2.36. The number of likely N-dealkylation sites (tertiary alicyclic amines) is 1. The number of amides is 1. The van der Waals surface area contributed by atoms with Crippen molar-refractivity contribution < 1.29 is 27.4 Å². The van der Waals surface area contributed by atoms with Crippen molar-refractivity contribution in [2.45, 2.75) is 83.8 Å². The van der Waals surface area contributed by atoms with Gasteiger partial charge in [-0.15, -0.1) is 0 Å². The molecule has 2 N–H and O–H groups in total. The third kappa shape index (κ3) is 8.56. The van der Waals surface area contributed by atoms with Gasteiger partial charge in [0.1, 0.15) is 29.7 Å². The summed E-state index contributed by atoms with van der Waals surface area (Å²) in [5.41, 5.74) is 1.07. The number of ether oxygens (including phenoxy) is 2. The lowest BCUT2D eigenvalue weighted by atomic mass is 10.0. The molecule has 0 aliphatic carbocycles. The van der Waals surface area contributed by atoms with Gasteiger partial charge in [0.25, 0.3) is 0 Å². The van der Waals surface area contributed by atoms with E-state index in [-0.39, 0.29) is 30.0 Å². The van der Waals surface area contributed by atoms with Crippen LogP contribution in [0.5, 0.6) is 0 Å². The first-order valence-corrected chi connectivity index (χ1v) is 19.7. The second-order valence-electron chi connectivity index (χ2n) is 14.4. The topological polar surface area (TPSA) is 121 Å². The number of hydrogen-bond acceptors (Lipinski definition) is 7. The molecule has 0 bridgehead atoms. The van der Waals surface area contributed by atoms with Crippen LogP contribution in [0.4, 0.5) is 23.9 Å². The number of halogens is 3. The maximum atomic E-state index is 14.2. The number of hydrogen-bond donors (Lipinski definition) is 2. The Balaban J connectivity index is 1.39. The first-order chi connectivity index (χ1) is 22.5. The molecular weight excluding hydrogens is 640 g/mol. The molecule has 0 saturated carbocycles. The molecule has 0 unspecified atom stereocenters. The third-order valence-corrected chi connectivity index (χ3v) is 9.71. The van der Waals surface area contributed by atoms with Crippen molar-refractivity contribution in [3.05, 3.63) is 54.1 Å². The molecule has 14 heteroatoms. The van der Waals surface area contributed by atoms with Crippen molar-refractivity contribution in [3.8, 4) is 28.5 Å². The molecule has 48 heavy (non-hydrogen) atoms.